The molecule has 90 valence electrons. The Morgan fingerprint density at radius 1 is 1.25 bits per heavy atom. The third kappa shape index (κ3) is 3.69. The Balaban J connectivity index is 2.69. The molecule has 0 unspecified atom stereocenters. The molecule has 1 rings (SSSR count). The zero-order chi connectivity index (χ0) is 11.8. The molecule has 0 N–H and O–H groups in total. The van der Waals surface area contributed by atoms with Gasteiger partial charge in [0, 0.05) is 31.3 Å². The van der Waals surface area contributed by atoms with Crippen molar-refractivity contribution in [3.63, 3.8) is 0 Å². The van der Waals surface area contributed by atoms with Gasteiger partial charge in [0.15, 0.2) is 0 Å². The third-order valence-corrected chi connectivity index (χ3v) is 2.86. The maximum atomic E-state index is 5.94. The van der Waals surface area contributed by atoms with Gasteiger partial charge in [-0.2, -0.15) is 0 Å². The number of nitrogens with zero attached hydrogens (tertiary/aromatic N) is 1. The lowest BCUT2D eigenvalue weighted by Gasteiger charge is -2.25. The first-order valence-corrected chi connectivity index (χ1v) is 6.33. The predicted molar refractivity (Wildman–Crippen MR) is 70.4 cm³/mol. The van der Waals surface area contributed by atoms with E-state index in [1.165, 1.54) is 11.3 Å². The summed E-state index contributed by atoms with van der Waals surface area (Å²) in [5, 5.41) is 0. The van der Waals surface area contributed by atoms with Crippen LogP contribution >= 0.6 is 11.6 Å². The van der Waals surface area contributed by atoms with Gasteiger partial charge in [-0.1, -0.05) is 18.2 Å². The molecule has 0 saturated carbocycles. The second-order valence-corrected chi connectivity index (χ2v) is 3.81. The Morgan fingerprint density at radius 3 is 2.62 bits per heavy atom. The monoisotopic (exact) mass is 241 g/mol. The van der Waals surface area contributed by atoms with Gasteiger partial charge in [-0.3, -0.25) is 0 Å². The molecule has 0 radical (unpaired) electrons. The molecule has 0 fully saturated rings. The molecule has 0 aliphatic rings. The maximum Gasteiger partial charge on any atom is 0.0641 e. The first kappa shape index (κ1) is 13.3. The van der Waals surface area contributed by atoms with Crippen molar-refractivity contribution in [3.05, 3.63) is 29.8 Å². The number of anilines is 1. The Kier molecular flexibility index (Phi) is 6.27. The zero-order valence-electron chi connectivity index (χ0n) is 10.1. The molecule has 0 aliphatic heterocycles. The highest BCUT2D eigenvalue weighted by atomic mass is 35.5. The quantitative estimate of drug-likeness (QED) is 0.537. The Hall–Kier alpha value is -0.730. The lowest BCUT2D eigenvalue weighted by atomic mass is 10.2. The van der Waals surface area contributed by atoms with Crippen molar-refractivity contribution in [2.75, 3.05) is 31.2 Å². The molecule has 16 heavy (non-hydrogen) atoms. The van der Waals surface area contributed by atoms with Crippen LogP contribution in [-0.2, 0) is 10.6 Å². The van der Waals surface area contributed by atoms with Crippen LogP contribution in [0.15, 0.2) is 24.3 Å². The number of hydrogen-bond acceptors (Lipinski definition) is 2. The second-order valence-electron chi connectivity index (χ2n) is 3.54. The van der Waals surface area contributed by atoms with Gasteiger partial charge in [-0.05, 0) is 25.5 Å². The zero-order valence-corrected chi connectivity index (χ0v) is 10.8. The fourth-order valence-electron chi connectivity index (χ4n) is 1.70. The minimum atomic E-state index is 0.557. The van der Waals surface area contributed by atoms with E-state index in [0.717, 1.165) is 26.3 Å². The second kappa shape index (κ2) is 7.53. The first-order valence-electron chi connectivity index (χ1n) is 5.80. The van der Waals surface area contributed by atoms with E-state index >= 15 is 0 Å². The van der Waals surface area contributed by atoms with Crippen LogP contribution < -0.4 is 4.90 Å². The molecule has 0 aliphatic carbocycles. The van der Waals surface area contributed by atoms with E-state index in [0.29, 0.717) is 5.88 Å². The highest BCUT2D eigenvalue weighted by molar-refractivity contribution is 6.17. The average Bonchev–Trinajstić information content (AvgIpc) is 2.35. The van der Waals surface area contributed by atoms with E-state index in [4.69, 9.17) is 16.3 Å². The van der Waals surface area contributed by atoms with Crippen LogP contribution in [0.4, 0.5) is 5.69 Å². The summed E-state index contributed by atoms with van der Waals surface area (Å²) in [6.45, 7) is 7.59. The minimum absolute atomic E-state index is 0.557. The Bertz CT molecular complexity index is 304. The van der Waals surface area contributed by atoms with E-state index < -0.39 is 0 Å². The fourth-order valence-corrected chi connectivity index (χ4v) is 1.93. The van der Waals surface area contributed by atoms with Gasteiger partial charge in [0.25, 0.3) is 0 Å². The van der Waals surface area contributed by atoms with Gasteiger partial charge >= 0.3 is 0 Å². The highest BCUT2D eigenvalue weighted by Gasteiger charge is 2.07. The van der Waals surface area contributed by atoms with Gasteiger partial charge in [0.2, 0.25) is 0 Å². The van der Waals surface area contributed by atoms with E-state index in [1.807, 2.05) is 13.0 Å². The van der Waals surface area contributed by atoms with Crippen LogP contribution in [0, 0.1) is 0 Å². The third-order valence-electron chi connectivity index (χ3n) is 2.57. The van der Waals surface area contributed by atoms with Crippen LogP contribution in [0.25, 0.3) is 0 Å². The Morgan fingerprint density at radius 2 is 2.00 bits per heavy atom. The van der Waals surface area contributed by atoms with E-state index in [9.17, 15) is 0 Å². The number of likely N-dealkylation sites (N-methyl/N-ethyl adjacent to an activating group) is 1. The molecule has 2 nitrogen and oxygen atoms in total. The number of rotatable bonds is 7. The lowest BCUT2D eigenvalue weighted by Crippen LogP contribution is -2.27. The van der Waals surface area contributed by atoms with Gasteiger partial charge in [-0.15, -0.1) is 11.6 Å². The normalized spacial score (nSPS) is 10.4. The van der Waals surface area contributed by atoms with Crippen LogP contribution in [0.5, 0.6) is 0 Å². The number of benzene rings is 1. The summed E-state index contributed by atoms with van der Waals surface area (Å²) < 4.78 is 5.39. The number of halogens is 1. The molecular formula is C13H20ClNO. The van der Waals surface area contributed by atoms with Crippen molar-refractivity contribution >= 4 is 17.3 Å². The molecule has 0 aromatic heterocycles. The van der Waals surface area contributed by atoms with Crippen molar-refractivity contribution in [1.82, 2.24) is 0 Å². The number of alkyl halides is 1. The summed E-state index contributed by atoms with van der Waals surface area (Å²) in [4.78, 5) is 2.30. The molecule has 0 heterocycles. The van der Waals surface area contributed by atoms with Crippen molar-refractivity contribution in [2.45, 2.75) is 19.7 Å². The van der Waals surface area contributed by atoms with Gasteiger partial charge in [0.1, 0.15) is 0 Å². The van der Waals surface area contributed by atoms with Gasteiger partial charge in [0.05, 0.1) is 6.61 Å². The van der Waals surface area contributed by atoms with Crippen LogP contribution in [-0.4, -0.2) is 26.3 Å². The van der Waals surface area contributed by atoms with Crippen molar-refractivity contribution in [3.8, 4) is 0 Å². The topological polar surface area (TPSA) is 12.5 Å². The van der Waals surface area contributed by atoms with Crippen LogP contribution in [0.3, 0.4) is 0 Å². The predicted octanol–water partition coefficient (Wildman–Crippen LogP) is 3.29. The molecule has 1 aromatic carbocycles. The smallest absolute Gasteiger partial charge is 0.0641 e. The SMILES string of the molecule is CCOCCN(CC)c1ccccc1CCl. The lowest BCUT2D eigenvalue weighted by molar-refractivity contribution is 0.154. The summed E-state index contributed by atoms with van der Waals surface area (Å²) in [6.07, 6.45) is 0. The van der Waals surface area contributed by atoms with Crippen LogP contribution in [0.2, 0.25) is 0 Å². The maximum absolute atomic E-state index is 5.94. The van der Waals surface area contributed by atoms with Crippen molar-refractivity contribution in [1.29, 1.82) is 0 Å². The van der Waals surface area contributed by atoms with Gasteiger partial charge in [-0.25, -0.2) is 0 Å². The standard InChI is InChI=1S/C13H20ClNO/c1-3-15(9-10-16-4-2)13-8-6-5-7-12(13)11-14/h5-8H,3-4,9-11H2,1-2H3. The molecular weight excluding hydrogens is 222 g/mol. The average molecular weight is 242 g/mol. The molecule has 0 atom stereocenters. The van der Waals surface area contributed by atoms with E-state index in [2.05, 4.69) is 30.0 Å². The molecule has 0 spiro atoms. The molecule has 0 amide bonds. The number of ether oxygens (including phenoxy) is 1. The summed E-state index contributed by atoms with van der Waals surface area (Å²) >= 11 is 5.94. The Labute approximate surface area is 103 Å². The van der Waals surface area contributed by atoms with E-state index in [1.54, 1.807) is 0 Å². The minimum Gasteiger partial charge on any atom is -0.380 e. The number of hydrogen-bond donors (Lipinski definition) is 0. The molecule has 1 aromatic rings. The van der Waals surface area contributed by atoms with Crippen molar-refractivity contribution in [2.24, 2.45) is 0 Å². The first-order chi connectivity index (χ1) is 7.83. The molecule has 0 saturated heterocycles. The highest BCUT2D eigenvalue weighted by Crippen LogP contribution is 2.21. The van der Waals surface area contributed by atoms with Crippen molar-refractivity contribution < 1.29 is 4.74 Å². The molecule has 0 bridgehead atoms. The van der Waals surface area contributed by atoms with Gasteiger partial charge < -0.3 is 9.64 Å². The fraction of sp³-hybridized carbons (Fsp3) is 0.538. The summed E-state index contributed by atoms with van der Waals surface area (Å²) in [5.74, 6) is 0.557. The summed E-state index contributed by atoms with van der Waals surface area (Å²) in [7, 11) is 0. The number of para-hydroxylation sites is 1. The van der Waals surface area contributed by atoms with Crippen LogP contribution in [0.1, 0.15) is 19.4 Å². The van der Waals surface area contributed by atoms with E-state index in [-0.39, 0.29) is 0 Å². The summed E-state index contributed by atoms with van der Waals surface area (Å²) in [5.41, 5.74) is 2.40. The largest absolute Gasteiger partial charge is 0.380 e. The summed E-state index contributed by atoms with van der Waals surface area (Å²) in [6, 6.07) is 8.27. The molecule has 3 heteroatoms.